The van der Waals surface area contributed by atoms with E-state index in [1.165, 1.54) is 6.07 Å². The molecule has 1 saturated heterocycles. The molecule has 0 unspecified atom stereocenters. The van der Waals surface area contributed by atoms with Crippen LogP contribution in [0.1, 0.15) is 24.9 Å². The van der Waals surface area contributed by atoms with Crippen molar-refractivity contribution in [3.63, 3.8) is 0 Å². The smallest absolute Gasteiger partial charge is 0.325 e. The van der Waals surface area contributed by atoms with Gasteiger partial charge in [0.25, 0.3) is 0 Å². The Morgan fingerprint density at radius 2 is 1.96 bits per heavy atom. The van der Waals surface area contributed by atoms with Crippen molar-refractivity contribution in [2.75, 3.05) is 0 Å². The van der Waals surface area contributed by atoms with Gasteiger partial charge >= 0.3 is 6.03 Å². The zero-order valence-electron chi connectivity index (χ0n) is 13.4. The third kappa shape index (κ3) is 3.82. The number of hydrogen-bond donors (Lipinski definition) is 1. The lowest BCUT2D eigenvalue weighted by Crippen LogP contribution is -2.57. The standard InChI is InChI=1S/C18H16F2N2O2S/c1-11(12-5-3-2-4-6-12)21-18(24)22-16(23)10-17(22)25-15-8-7-13(19)9-14(15)20/h2-9,11,17H,10H2,1H3,(H,21,24)/t11-,17+/m1/s1. The van der Waals surface area contributed by atoms with E-state index in [4.69, 9.17) is 0 Å². The molecule has 2 aromatic carbocycles. The van der Waals surface area contributed by atoms with Crippen LogP contribution in [-0.4, -0.2) is 22.2 Å². The topological polar surface area (TPSA) is 49.4 Å². The van der Waals surface area contributed by atoms with Gasteiger partial charge in [0, 0.05) is 11.0 Å². The molecule has 1 N–H and O–H groups in total. The molecule has 25 heavy (non-hydrogen) atoms. The minimum Gasteiger partial charge on any atom is -0.331 e. The van der Waals surface area contributed by atoms with Crippen molar-refractivity contribution in [3.05, 3.63) is 65.7 Å². The van der Waals surface area contributed by atoms with Crippen LogP contribution in [0.5, 0.6) is 0 Å². The number of hydrogen-bond acceptors (Lipinski definition) is 3. The summed E-state index contributed by atoms with van der Waals surface area (Å²) in [6.45, 7) is 1.82. The van der Waals surface area contributed by atoms with Crippen LogP contribution < -0.4 is 5.32 Å². The van der Waals surface area contributed by atoms with Gasteiger partial charge in [0.15, 0.2) is 0 Å². The van der Waals surface area contributed by atoms with Crippen molar-refractivity contribution < 1.29 is 18.4 Å². The van der Waals surface area contributed by atoms with E-state index in [-0.39, 0.29) is 23.3 Å². The van der Waals surface area contributed by atoms with E-state index in [9.17, 15) is 18.4 Å². The zero-order valence-corrected chi connectivity index (χ0v) is 14.2. The van der Waals surface area contributed by atoms with Crippen molar-refractivity contribution in [2.45, 2.75) is 29.7 Å². The van der Waals surface area contributed by atoms with Crippen LogP contribution in [0.15, 0.2) is 53.4 Å². The van der Waals surface area contributed by atoms with Gasteiger partial charge in [-0.1, -0.05) is 42.1 Å². The summed E-state index contributed by atoms with van der Waals surface area (Å²) in [6, 6.07) is 11.8. The molecular weight excluding hydrogens is 346 g/mol. The molecule has 2 aromatic rings. The first-order valence-corrected chi connectivity index (χ1v) is 8.63. The molecule has 7 heteroatoms. The number of likely N-dealkylation sites (tertiary alicyclic amines) is 1. The predicted molar refractivity (Wildman–Crippen MR) is 90.9 cm³/mol. The van der Waals surface area contributed by atoms with Gasteiger partial charge in [0.2, 0.25) is 5.91 Å². The Morgan fingerprint density at radius 3 is 2.60 bits per heavy atom. The second-order valence-electron chi connectivity index (χ2n) is 5.70. The first-order valence-electron chi connectivity index (χ1n) is 7.75. The molecule has 4 nitrogen and oxygen atoms in total. The highest BCUT2D eigenvalue weighted by atomic mass is 32.2. The Kier molecular flexibility index (Phi) is 5.03. The molecule has 0 bridgehead atoms. The van der Waals surface area contributed by atoms with Crippen molar-refractivity contribution in [3.8, 4) is 0 Å². The SMILES string of the molecule is C[C@@H](NC(=O)N1C(=O)C[C@@H]1Sc1ccc(F)cc1F)c1ccccc1. The van der Waals surface area contributed by atoms with Crippen molar-refractivity contribution >= 4 is 23.7 Å². The van der Waals surface area contributed by atoms with Gasteiger partial charge in [-0.2, -0.15) is 0 Å². The Bertz CT molecular complexity index is 801. The number of imide groups is 1. The summed E-state index contributed by atoms with van der Waals surface area (Å²) in [6.07, 6.45) is 0.134. The number of β-lactam (4-membered cyclic amide) rings is 1. The molecule has 0 aliphatic carbocycles. The number of halogens is 2. The Hall–Kier alpha value is -2.41. The third-order valence-electron chi connectivity index (χ3n) is 3.92. The number of nitrogens with one attached hydrogen (secondary N) is 1. The lowest BCUT2D eigenvalue weighted by atomic mass is 10.1. The number of benzene rings is 2. The highest BCUT2D eigenvalue weighted by Crippen LogP contribution is 2.36. The lowest BCUT2D eigenvalue weighted by Gasteiger charge is -2.38. The average Bonchev–Trinajstić information content (AvgIpc) is 2.57. The monoisotopic (exact) mass is 362 g/mol. The Morgan fingerprint density at radius 1 is 1.24 bits per heavy atom. The molecule has 0 spiro atoms. The second-order valence-corrected chi connectivity index (χ2v) is 6.92. The van der Waals surface area contributed by atoms with Crippen LogP contribution >= 0.6 is 11.8 Å². The fraction of sp³-hybridized carbons (Fsp3) is 0.222. The van der Waals surface area contributed by atoms with Crippen LogP contribution in [0.2, 0.25) is 0 Å². The first kappa shape index (κ1) is 17.4. The van der Waals surface area contributed by atoms with Gasteiger partial charge in [0.05, 0.1) is 12.5 Å². The van der Waals surface area contributed by atoms with Gasteiger partial charge in [-0.25, -0.2) is 13.6 Å². The molecule has 0 radical (unpaired) electrons. The summed E-state index contributed by atoms with van der Waals surface area (Å²) in [5.74, 6) is -1.70. The molecule has 2 atom stereocenters. The fourth-order valence-electron chi connectivity index (χ4n) is 2.52. The largest absolute Gasteiger partial charge is 0.331 e. The van der Waals surface area contributed by atoms with Gasteiger partial charge in [-0.05, 0) is 24.6 Å². The van der Waals surface area contributed by atoms with Crippen LogP contribution in [0.3, 0.4) is 0 Å². The fourth-order valence-corrected chi connectivity index (χ4v) is 3.68. The number of carbonyl (C=O) groups excluding carboxylic acids is 2. The van der Waals surface area contributed by atoms with E-state index in [0.29, 0.717) is 0 Å². The molecule has 1 heterocycles. The number of urea groups is 1. The van der Waals surface area contributed by atoms with Gasteiger partial charge in [-0.3, -0.25) is 9.69 Å². The summed E-state index contributed by atoms with van der Waals surface area (Å²) in [5.41, 5.74) is 0.914. The van der Waals surface area contributed by atoms with E-state index in [1.54, 1.807) is 0 Å². The van der Waals surface area contributed by atoms with E-state index >= 15 is 0 Å². The normalized spacial score (nSPS) is 17.8. The molecule has 1 aliphatic rings. The number of thioether (sulfide) groups is 1. The average molecular weight is 362 g/mol. The maximum atomic E-state index is 13.8. The number of nitrogens with zero attached hydrogens (tertiary/aromatic N) is 1. The first-order chi connectivity index (χ1) is 12.0. The molecule has 0 saturated carbocycles. The summed E-state index contributed by atoms with van der Waals surface area (Å²) < 4.78 is 26.7. The Balaban J connectivity index is 1.66. The van der Waals surface area contributed by atoms with Gasteiger partial charge in [0.1, 0.15) is 17.0 Å². The zero-order chi connectivity index (χ0) is 18.0. The molecule has 1 fully saturated rings. The van der Waals surface area contributed by atoms with Crippen LogP contribution in [0, 0.1) is 11.6 Å². The van der Waals surface area contributed by atoms with Crippen LogP contribution in [-0.2, 0) is 4.79 Å². The van der Waals surface area contributed by atoms with Crippen molar-refractivity contribution in [1.82, 2.24) is 10.2 Å². The van der Waals surface area contributed by atoms with E-state index < -0.39 is 23.0 Å². The summed E-state index contributed by atoms with van der Waals surface area (Å²) in [5, 5.41) is 2.26. The van der Waals surface area contributed by atoms with E-state index in [2.05, 4.69) is 5.32 Å². The minimum atomic E-state index is -0.706. The Labute approximate surface area is 148 Å². The van der Waals surface area contributed by atoms with Crippen molar-refractivity contribution in [2.24, 2.45) is 0 Å². The maximum absolute atomic E-state index is 13.8. The maximum Gasteiger partial charge on any atom is 0.325 e. The molecule has 0 aromatic heterocycles. The molecule has 1 aliphatic heterocycles. The molecule has 3 amide bonds. The summed E-state index contributed by atoms with van der Waals surface area (Å²) in [4.78, 5) is 25.5. The third-order valence-corrected chi connectivity index (χ3v) is 5.16. The minimum absolute atomic E-state index is 0.134. The summed E-state index contributed by atoms with van der Waals surface area (Å²) >= 11 is 1.03. The van der Waals surface area contributed by atoms with Gasteiger partial charge < -0.3 is 5.32 Å². The van der Waals surface area contributed by atoms with E-state index in [1.807, 2.05) is 37.3 Å². The van der Waals surface area contributed by atoms with Crippen LogP contribution in [0.25, 0.3) is 0 Å². The molecular formula is C18H16F2N2O2S. The molecule has 3 rings (SSSR count). The van der Waals surface area contributed by atoms with E-state index in [0.717, 1.165) is 34.4 Å². The number of amides is 3. The highest BCUT2D eigenvalue weighted by Gasteiger charge is 2.42. The number of rotatable bonds is 4. The second kappa shape index (κ2) is 7.23. The predicted octanol–water partition coefficient (Wildman–Crippen LogP) is 4.09. The quantitative estimate of drug-likeness (QED) is 0.834. The van der Waals surface area contributed by atoms with Crippen molar-refractivity contribution in [1.29, 1.82) is 0 Å². The summed E-state index contributed by atoms with van der Waals surface area (Å²) in [7, 11) is 0. The van der Waals surface area contributed by atoms with Crippen LogP contribution in [0.4, 0.5) is 13.6 Å². The molecule has 130 valence electrons. The number of carbonyl (C=O) groups is 2. The highest BCUT2D eigenvalue weighted by molar-refractivity contribution is 8.00. The lowest BCUT2D eigenvalue weighted by molar-refractivity contribution is -0.137. The van der Waals surface area contributed by atoms with Gasteiger partial charge in [-0.15, -0.1) is 0 Å².